The lowest BCUT2D eigenvalue weighted by Gasteiger charge is -2.34. The zero-order valence-corrected chi connectivity index (χ0v) is 14.7. The Balaban J connectivity index is 1.64. The fourth-order valence-electron chi connectivity index (χ4n) is 2.81. The molecular weight excluding hydrogens is 351 g/mol. The number of aliphatic hydroxyl groups excluding tert-OH is 1. The molecule has 1 aliphatic rings. The highest BCUT2D eigenvalue weighted by Crippen LogP contribution is 2.36. The highest BCUT2D eigenvalue weighted by atomic mass is 32.2. The van der Waals surface area contributed by atoms with Gasteiger partial charge in [0.2, 0.25) is 5.95 Å². The van der Waals surface area contributed by atoms with E-state index in [1.165, 1.54) is 18.5 Å². The van der Waals surface area contributed by atoms with E-state index in [4.69, 9.17) is 5.73 Å². The van der Waals surface area contributed by atoms with Crippen LogP contribution in [0.1, 0.15) is 0 Å². The first kappa shape index (κ1) is 17.0. The molecule has 5 nitrogen and oxygen atoms in total. The van der Waals surface area contributed by atoms with Gasteiger partial charge in [0, 0.05) is 41.5 Å². The average molecular weight is 368 g/mol. The summed E-state index contributed by atoms with van der Waals surface area (Å²) in [5, 5.41) is 9.45. The van der Waals surface area contributed by atoms with E-state index in [-0.39, 0.29) is 17.9 Å². The van der Waals surface area contributed by atoms with E-state index in [1.54, 1.807) is 18.0 Å². The molecular formula is C19H17FN4OS. The van der Waals surface area contributed by atoms with E-state index < -0.39 is 0 Å². The van der Waals surface area contributed by atoms with Gasteiger partial charge in [0.25, 0.3) is 0 Å². The summed E-state index contributed by atoms with van der Waals surface area (Å²) in [6, 6.07) is 13.0. The Morgan fingerprint density at radius 2 is 1.77 bits per heavy atom. The van der Waals surface area contributed by atoms with Gasteiger partial charge >= 0.3 is 0 Å². The molecule has 0 atom stereocenters. The minimum absolute atomic E-state index is 0.160. The number of hydrogen-bond acceptors (Lipinski definition) is 6. The summed E-state index contributed by atoms with van der Waals surface area (Å²) in [7, 11) is 0. The predicted molar refractivity (Wildman–Crippen MR) is 101 cm³/mol. The van der Waals surface area contributed by atoms with E-state index in [0.29, 0.717) is 24.2 Å². The van der Waals surface area contributed by atoms with E-state index in [2.05, 4.69) is 14.3 Å². The monoisotopic (exact) mass is 368 g/mol. The number of nitrogen functional groups attached to an aromatic ring is 1. The Kier molecular flexibility index (Phi) is 4.58. The van der Waals surface area contributed by atoms with E-state index in [0.717, 1.165) is 16.0 Å². The smallest absolute Gasteiger partial charge is 0.219 e. The Labute approximate surface area is 154 Å². The molecule has 0 radical (unpaired) electrons. The Hall–Kier alpha value is -2.48. The standard InChI is InChI=1S/C19H17FN4OS/c20-17-7-12(5-6-15(17)13-8-22-19(21)23-9-13)16-3-1-2-4-18(16)26-24-10-14(25)11-24/h1-9,14,25H,10-11H2,(H2,21,22,23). The Morgan fingerprint density at radius 3 is 2.46 bits per heavy atom. The van der Waals surface area contributed by atoms with Gasteiger partial charge in [-0.25, -0.2) is 18.7 Å². The molecule has 0 bridgehead atoms. The molecule has 0 aliphatic carbocycles. The van der Waals surface area contributed by atoms with Crippen molar-refractivity contribution >= 4 is 17.9 Å². The number of aliphatic hydroxyl groups is 1. The Morgan fingerprint density at radius 1 is 1.04 bits per heavy atom. The molecule has 0 unspecified atom stereocenters. The first-order chi connectivity index (χ1) is 12.6. The molecule has 4 rings (SSSR count). The summed E-state index contributed by atoms with van der Waals surface area (Å²) in [5.41, 5.74) is 8.26. The summed E-state index contributed by atoms with van der Waals surface area (Å²) < 4.78 is 16.8. The number of hydrogen-bond donors (Lipinski definition) is 2. The van der Waals surface area contributed by atoms with Crippen LogP contribution in [0, 0.1) is 5.82 Å². The summed E-state index contributed by atoms with van der Waals surface area (Å²) in [6.45, 7) is 1.28. The number of rotatable bonds is 4. The van der Waals surface area contributed by atoms with Gasteiger partial charge in [-0.15, -0.1) is 0 Å². The fraction of sp³-hybridized carbons (Fsp3) is 0.158. The van der Waals surface area contributed by atoms with Gasteiger partial charge in [0.15, 0.2) is 0 Å². The highest BCUT2D eigenvalue weighted by molar-refractivity contribution is 7.97. The lowest BCUT2D eigenvalue weighted by molar-refractivity contribution is 0.0616. The van der Waals surface area contributed by atoms with Crippen LogP contribution >= 0.6 is 11.9 Å². The van der Waals surface area contributed by atoms with Crippen molar-refractivity contribution in [3.63, 3.8) is 0 Å². The summed E-state index contributed by atoms with van der Waals surface area (Å²) in [6.07, 6.45) is 2.77. The number of anilines is 1. The van der Waals surface area contributed by atoms with Gasteiger partial charge in [-0.1, -0.05) is 30.3 Å². The van der Waals surface area contributed by atoms with E-state index >= 15 is 0 Å². The first-order valence-electron chi connectivity index (χ1n) is 8.18. The van der Waals surface area contributed by atoms with Crippen molar-refractivity contribution in [2.75, 3.05) is 18.8 Å². The van der Waals surface area contributed by atoms with Crippen LogP contribution in [-0.2, 0) is 0 Å². The SMILES string of the molecule is Nc1ncc(-c2ccc(-c3ccccc3SN3CC(O)C3)cc2F)cn1. The van der Waals surface area contributed by atoms with Gasteiger partial charge in [0.1, 0.15) is 5.82 Å². The second-order valence-corrected chi connectivity index (χ2v) is 7.25. The number of aromatic nitrogens is 2. The number of β-amino-alcohol motifs (C(OH)–C–C–N with tert-alkyl or cyclic N) is 1. The molecule has 1 aromatic heterocycles. The molecule has 1 aliphatic heterocycles. The topological polar surface area (TPSA) is 75.3 Å². The number of benzene rings is 2. The lowest BCUT2D eigenvalue weighted by Crippen LogP contribution is -2.46. The normalized spacial score (nSPS) is 15.0. The van der Waals surface area contributed by atoms with Gasteiger partial charge in [-0.2, -0.15) is 0 Å². The summed E-state index contributed by atoms with van der Waals surface area (Å²) >= 11 is 1.58. The third-order valence-corrected chi connectivity index (χ3v) is 5.32. The van der Waals surface area contributed by atoms with Crippen molar-refractivity contribution in [2.24, 2.45) is 0 Å². The molecule has 2 heterocycles. The van der Waals surface area contributed by atoms with Crippen LogP contribution in [0.4, 0.5) is 10.3 Å². The Bertz CT molecular complexity index is 929. The molecule has 0 saturated carbocycles. The van der Waals surface area contributed by atoms with Crippen LogP contribution in [-0.4, -0.2) is 38.6 Å². The zero-order valence-electron chi connectivity index (χ0n) is 13.8. The van der Waals surface area contributed by atoms with Crippen LogP contribution in [0.25, 0.3) is 22.3 Å². The minimum Gasteiger partial charge on any atom is -0.390 e. The lowest BCUT2D eigenvalue weighted by atomic mass is 10.0. The predicted octanol–water partition coefficient (Wildman–Crippen LogP) is 3.22. The molecule has 1 saturated heterocycles. The second kappa shape index (κ2) is 7.03. The van der Waals surface area contributed by atoms with E-state index in [9.17, 15) is 9.50 Å². The first-order valence-corrected chi connectivity index (χ1v) is 8.95. The van der Waals surface area contributed by atoms with Gasteiger partial charge < -0.3 is 10.8 Å². The van der Waals surface area contributed by atoms with Crippen molar-refractivity contribution in [3.8, 4) is 22.3 Å². The van der Waals surface area contributed by atoms with Crippen molar-refractivity contribution in [1.29, 1.82) is 0 Å². The van der Waals surface area contributed by atoms with Crippen LogP contribution in [0.3, 0.4) is 0 Å². The molecule has 3 aromatic rings. The zero-order chi connectivity index (χ0) is 18.1. The maximum atomic E-state index is 14.7. The number of nitrogens with two attached hydrogens (primary N) is 1. The molecule has 2 aromatic carbocycles. The number of halogens is 1. The largest absolute Gasteiger partial charge is 0.390 e. The van der Waals surface area contributed by atoms with Gasteiger partial charge in [-0.05, 0) is 35.2 Å². The fourth-order valence-corrected chi connectivity index (χ4v) is 4.00. The second-order valence-electron chi connectivity index (χ2n) is 6.11. The molecule has 0 amide bonds. The number of nitrogens with zero attached hydrogens (tertiary/aromatic N) is 3. The van der Waals surface area contributed by atoms with Gasteiger partial charge in [-0.3, -0.25) is 0 Å². The third-order valence-electron chi connectivity index (χ3n) is 4.21. The maximum Gasteiger partial charge on any atom is 0.219 e. The van der Waals surface area contributed by atoms with Crippen molar-refractivity contribution in [3.05, 3.63) is 60.7 Å². The van der Waals surface area contributed by atoms with Crippen molar-refractivity contribution in [2.45, 2.75) is 11.0 Å². The van der Waals surface area contributed by atoms with Crippen molar-refractivity contribution < 1.29 is 9.50 Å². The van der Waals surface area contributed by atoms with Crippen molar-refractivity contribution in [1.82, 2.24) is 14.3 Å². The molecule has 132 valence electrons. The minimum atomic E-state index is -0.338. The summed E-state index contributed by atoms with van der Waals surface area (Å²) in [4.78, 5) is 8.86. The van der Waals surface area contributed by atoms with Crippen LogP contribution < -0.4 is 5.73 Å². The van der Waals surface area contributed by atoms with Gasteiger partial charge in [0.05, 0.1) is 6.10 Å². The average Bonchev–Trinajstić information content (AvgIpc) is 2.62. The van der Waals surface area contributed by atoms with E-state index in [1.807, 2.05) is 30.3 Å². The molecule has 1 fully saturated rings. The van der Waals surface area contributed by atoms with Crippen LogP contribution in [0.2, 0.25) is 0 Å². The molecule has 7 heteroatoms. The molecule has 3 N–H and O–H groups in total. The van der Waals surface area contributed by atoms with Crippen LogP contribution in [0.5, 0.6) is 0 Å². The molecule has 26 heavy (non-hydrogen) atoms. The highest BCUT2D eigenvalue weighted by Gasteiger charge is 2.26. The quantitative estimate of drug-likeness (QED) is 0.689. The third kappa shape index (κ3) is 3.41. The van der Waals surface area contributed by atoms with Crippen LogP contribution in [0.15, 0.2) is 59.8 Å². The maximum absolute atomic E-state index is 14.7. The molecule has 0 spiro atoms. The summed E-state index contributed by atoms with van der Waals surface area (Å²) in [5.74, 6) is -0.178.